The molecule has 0 aliphatic heterocycles. The minimum absolute atomic E-state index is 0.00850. The lowest BCUT2D eigenvalue weighted by atomic mass is 9.99. The highest BCUT2D eigenvalue weighted by Gasteiger charge is 2.32. The number of hydrogen-bond donors (Lipinski definition) is 0. The van der Waals surface area contributed by atoms with Crippen molar-refractivity contribution in [3.05, 3.63) is 42.1 Å². The molecule has 0 unspecified atom stereocenters. The number of benzene rings is 1. The van der Waals surface area contributed by atoms with Crippen LogP contribution in [0.4, 0.5) is 13.2 Å². The van der Waals surface area contributed by atoms with Gasteiger partial charge in [-0.15, -0.1) is 13.2 Å². The van der Waals surface area contributed by atoms with Gasteiger partial charge in [-0.05, 0) is 17.7 Å². The molecule has 0 fully saturated rings. The Balaban J connectivity index is 2.64. The zero-order valence-electron chi connectivity index (χ0n) is 11.5. The molecular weight excluding hydrogens is 297 g/mol. The number of alkyl halides is 3. The van der Waals surface area contributed by atoms with Crippen LogP contribution in [0.3, 0.4) is 0 Å². The smallest absolute Gasteiger partial charge is 0.481 e. The lowest BCUT2D eigenvalue weighted by molar-refractivity contribution is -0.274. The van der Waals surface area contributed by atoms with E-state index in [0.717, 1.165) is 0 Å². The molecule has 114 valence electrons. The van der Waals surface area contributed by atoms with Gasteiger partial charge in [0.15, 0.2) is 0 Å². The molecule has 2 aromatic rings. The summed E-state index contributed by atoms with van der Waals surface area (Å²) >= 11 is 0. The summed E-state index contributed by atoms with van der Waals surface area (Å²) in [6, 6.07) is 9.19. The van der Waals surface area contributed by atoms with Crippen molar-refractivity contribution in [2.24, 2.45) is 0 Å². The van der Waals surface area contributed by atoms with Gasteiger partial charge in [-0.3, -0.25) is 0 Å². The molecule has 2 rings (SSSR count). The van der Waals surface area contributed by atoms with Crippen LogP contribution in [0.25, 0.3) is 11.1 Å². The molecule has 22 heavy (non-hydrogen) atoms. The van der Waals surface area contributed by atoms with E-state index in [2.05, 4.69) is 9.72 Å². The van der Waals surface area contributed by atoms with E-state index in [0.29, 0.717) is 11.1 Å². The Labute approximate surface area is 124 Å². The summed E-state index contributed by atoms with van der Waals surface area (Å²) < 4.78 is 46.8. The van der Waals surface area contributed by atoms with E-state index in [4.69, 9.17) is 10.00 Å². The van der Waals surface area contributed by atoms with Gasteiger partial charge in [0.2, 0.25) is 5.88 Å². The lowest BCUT2D eigenvalue weighted by Crippen LogP contribution is -2.17. The summed E-state index contributed by atoms with van der Waals surface area (Å²) in [5.74, 6) is -0.244. The largest absolute Gasteiger partial charge is 0.573 e. The van der Waals surface area contributed by atoms with Crippen molar-refractivity contribution >= 4 is 0 Å². The van der Waals surface area contributed by atoms with Gasteiger partial charge in [0.05, 0.1) is 25.2 Å². The van der Waals surface area contributed by atoms with Crippen LogP contribution >= 0.6 is 0 Å². The third kappa shape index (κ3) is 3.47. The molecule has 7 heteroatoms. The van der Waals surface area contributed by atoms with Gasteiger partial charge in [-0.2, -0.15) is 5.26 Å². The van der Waals surface area contributed by atoms with Crippen LogP contribution in [0.2, 0.25) is 0 Å². The highest BCUT2D eigenvalue weighted by atomic mass is 19.4. The number of nitriles is 1. The summed E-state index contributed by atoms with van der Waals surface area (Å²) in [6.07, 6.45) is -3.38. The van der Waals surface area contributed by atoms with Gasteiger partial charge >= 0.3 is 6.36 Å². The third-order valence-corrected chi connectivity index (χ3v) is 2.85. The molecule has 0 N–H and O–H groups in total. The summed E-state index contributed by atoms with van der Waals surface area (Å²) in [5.41, 5.74) is 0.981. The number of methoxy groups -OCH3 is 1. The second-order valence-electron chi connectivity index (χ2n) is 4.23. The monoisotopic (exact) mass is 308 g/mol. The minimum Gasteiger partial charge on any atom is -0.481 e. The summed E-state index contributed by atoms with van der Waals surface area (Å²) in [6.45, 7) is 0. The van der Waals surface area contributed by atoms with Gasteiger partial charge in [0.25, 0.3) is 0 Å². The first kappa shape index (κ1) is 15.6. The second-order valence-corrected chi connectivity index (χ2v) is 4.23. The molecular formula is C15H11F3N2O2. The number of ether oxygens (including phenoxy) is 2. The van der Waals surface area contributed by atoms with Crippen LogP contribution in [-0.4, -0.2) is 18.5 Å². The Morgan fingerprint density at radius 3 is 2.59 bits per heavy atom. The van der Waals surface area contributed by atoms with Gasteiger partial charge in [0.1, 0.15) is 5.75 Å². The zero-order chi connectivity index (χ0) is 16.2. The number of aromatic nitrogens is 1. The number of halogens is 3. The predicted molar refractivity (Wildman–Crippen MR) is 72.2 cm³/mol. The van der Waals surface area contributed by atoms with E-state index in [9.17, 15) is 13.2 Å². The van der Waals surface area contributed by atoms with Crippen LogP contribution in [-0.2, 0) is 6.42 Å². The fourth-order valence-electron chi connectivity index (χ4n) is 2.04. The molecule has 1 aromatic carbocycles. The van der Waals surface area contributed by atoms with Crippen LogP contribution < -0.4 is 9.47 Å². The standard InChI is InChI=1S/C15H11F3N2O2/c1-21-14-13(10(6-8-19)7-9-20-14)11-4-2-3-5-12(11)22-15(16,17)18/h2-5,7,9H,6H2,1H3. The Morgan fingerprint density at radius 2 is 1.95 bits per heavy atom. The molecule has 0 aliphatic rings. The molecule has 0 atom stereocenters. The SMILES string of the molecule is COc1nccc(CC#N)c1-c1ccccc1OC(F)(F)F. The molecule has 0 amide bonds. The Morgan fingerprint density at radius 1 is 1.23 bits per heavy atom. The fourth-order valence-corrected chi connectivity index (χ4v) is 2.04. The first-order chi connectivity index (χ1) is 10.5. The molecule has 4 nitrogen and oxygen atoms in total. The maximum atomic E-state index is 12.5. The maximum Gasteiger partial charge on any atom is 0.573 e. The van der Waals surface area contributed by atoms with E-state index >= 15 is 0 Å². The molecule has 0 bridgehead atoms. The van der Waals surface area contributed by atoms with Gasteiger partial charge in [-0.1, -0.05) is 18.2 Å². The average molecular weight is 308 g/mol. The molecule has 0 spiro atoms. The molecule has 1 aromatic heterocycles. The van der Waals surface area contributed by atoms with Crippen LogP contribution in [0.15, 0.2) is 36.5 Å². The number of rotatable bonds is 4. The van der Waals surface area contributed by atoms with E-state index in [-0.39, 0.29) is 23.6 Å². The van der Waals surface area contributed by atoms with Crippen molar-refractivity contribution in [1.29, 1.82) is 5.26 Å². The second kappa shape index (κ2) is 6.35. The minimum atomic E-state index is -4.82. The van der Waals surface area contributed by atoms with Gasteiger partial charge < -0.3 is 9.47 Å². The van der Waals surface area contributed by atoms with Gasteiger partial charge in [-0.25, -0.2) is 4.98 Å². The van der Waals surface area contributed by atoms with E-state index in [1.54, 1.807) is 12.1 Å². The Hall–Kier alpha value is -2.75. The Bertz CT molecular complexity index is 709. The van der Waals surface area contributed by atoms with Crippen molar-refractivity contribution in [2.75, 3.05) is 7.11 Å². The van der Waals surface area contributed by atoms with Crippen molar-refractivity contribution in [1.82, 2.24) is 4.98 Å². The first-order valence-electron chi connectivity index (χ1n) is 6.20. The predicted octanol–water partition coefficient (Wildman–Crippen LogP) is 3.72. The highest BCUT2D eigenvalue weighted by Crippen LogP contribution is 2.39. The number of nitrogens with zero attached hydrogens (tertiary/aromatic N) is 2. The summed E-state index contributed by atoms with van der Waals surface area (Å²) in [7, 11) is 1.36. The van der Waals surface area contributed by atoms with E-state index < -0.39 is 6.36 Å². The topological polar surface area (TPSA) is 55.1 Å². The van der Waals surface area contributed by atoms with E-state index in [1.807, 2.05) is 6.07 Å². The number of para-hydroxylation sites is 1. The van der Waals surface area contributed by atoms with Crippen LogP contribution in [0.1, 0.15) is 5.56 Å². The number of hydrogen-bond acceptors (Lipinski definition) is 4. The summed E-state index contributed by atoms with van der Waals surface area (Å²) in [5, 5.41) is 8.89. The molecule has 0 saturated carbocycles. The number of pyridine rings is 1. The van der Waals surface area contributed by atoms with Gasteiger partial charge in [0, 0.05) is 11.8 Å². The molecule has 0 aliphatic carbocycles. The van der Waals surface area contributed by atoms with Crippen molar-refractivity contribution in [2.45, 2.75) is 12.8 Å². The van der Waals surface area contributed by atoms with Crippen LogP contribution in [0.5, 0.6) is 11.6 Å². The fraction of sp³-hybridized carbons (Fsp3) is 0.200. The van der Waals surface area contributed by atoms with E-state index in [1.165, 1.54) is 31.5 Å². The third-order valence-electron chi connectivity index (χ3n) is 2.85. The van der Waals surface area contributed by atoms with Crippen molar-refractivity contribution < 1.29 is 22.6 Å². The average Bonchev–Trinajstić information content (AvgIpc) is 2.46. The summed E-state index contributed by atoms with van der Waals surface area (Å²) in [4.78, 5) is 3.99. The normalized spacial score (nSPS) is 10.9. The molecule has 0 saturated heterocycles. The molecule has 1 heterocycles. The quantitative estimate of drug-likeness (QED) is 0.863. The maximum absolute atomic E-state index is 12.5. The Kier molecular flexibility index (Phi) is 4.51. The van der Waals surface area contributed by atoms with Crippen LogP contribution in [0, 0.1) is 11.3 Å². The zero-order valence-corrected chi connectivity index (χ0v) is 11.5. The highest BCUT2D eigenvalue weighted by molar-refractivity contribution is 5.77. The first-order valence-corrected chi connectivity index (χ1v) is 6.20. The lowest BCUT2D eigenvalue weighted by Gasteiger charge is -2.16. The van der Waals surface area contributed by atoms with Crippen molar-refractivity contribution in [3.8, 4) is 28.8 Å². The van der Waals surface area contributed by atoms with Crippen molar-refractivity contribution in [3.63, 3.8) is 0 Å². The molecule has 0 radical (unpaired) electrons.